The van der Waals surface area contributed by atoms with Crippen LogP contribution in [0.5, 0.6) is 5.75 Å². The highest BCUT2D eigenvalue weighted by atomic mass is 16.6. The maximum absolute atomic E-state index is 5.91. The number of rotatable bonds is 8. The molecule has 1 aromatic heterocycles. The topological polar surface area (TPSA) is 47.0 Å². The number of anilines is 1. The zero-order chi connectivity index (χ0) is 18.9. The average molecular weight is 367 g/mol. The smallest absolute Gasteiger partial charge is 0.128 e. The van der Waals surface area contributed by atoms with Gasteiger partial charge in [0.25, 0.3) is 0 Å². The molecule has 0 N–H and O–H groups in total. The molecular formula is C22H29N3O2. The Morgan fingerprint density at radius 2 is 1.93 bits per heavy atom. The van der Waals surface area contributed by atoms with E-state index in [1.807, 2.05) is 44.2 Å². The summed E-state index contributed by atoms with van der Waals surface area (Å²) in [7, 11) is 0. The first-order valence-corrected chi connectivity index (χ1v) is 9.81. The van der Waals surface area contributed by atoms with E-state index < -0.39 is 0 Å². The third kappa shape index (κ3) is 5.98. The number of nitrogens with zero attached hydrogens (tertiary/aromatic N) is 3. The van der Waals surface area contributed by atoms with Crippen molar-refractivity contribution >= 4 is 12.0 Å². The van der Waals surface area contributed by atoms with Gasteiger partial charge in [-0.05, 0) is 81.0 Å². The fraction of sp³-hybridized carbons (Fsp3) is 0.455. The van der Waals surface area contributed by atoms with Crippen LogP contribution in [0, 0.1) is 12.8 Å². The largest absolute Gasteiger partial charge is 0.494 e. The van der Waals surface area contributed by atoms with Crippen LogP contribution < -0.4 is 9.64 Å². The number of oxime groups is 1. The Hall–Kier alpha value is -2.56. The SMILES string of the molecule is CCO/N=C/c1ccc(OCCC2CCN(c3cccc(C)n3)CC2)cc1. The Bertz CT molecular complexity index is 723. The number of piperidine rings is 1. The number of aromatic nitrogens is 1. The molecule has 27 heavy (non-hydrogen) atoms. The molecule has 1 fully saturated rings. The van der Waals surface area contributed by atoms with Crippen LogP contribution >= 0.6 is 0 Å². The number of ether oxygens (including phenoxy) is 1. The van der Waals surface area contributed by atoms with Crippen molar-refractivity contribution in [3.05, 3.63) is 53.7 Å². The van der Waals surface area contributed by atoms with E-state index in [9.17, 15) is 0 Å². The minimum Gasteiger partial charge on any atom is -0.494 e. The van der Waals surface area contributed by atoms with Gasteiger partial charge in [0.1, 0.15) is 18.2 Å². The van der Waals surface area contributed by atoms with Gasteiger partial charge < -0.3 is 14.5 Å². The molecule has 3 rings (SSSR count). The quantitative estimate of drug-likeness (QED) is 0.511. The molecule has 144 valence electrons. The summed E-state index contributed by atoms with van der Waals surface area (Å²) >= 11 is 0. The summed E-state index contributed by atoms with van der Waals surface area (Å²) < 4.78 is 5.91. The second-order valence-corrected chi connectivity index (χ2v) is 6.93. The Labute approximate surface area is 162 Å². The maximum atomic E-state index is 5.91. The van der Waals surface area contributed by atoms with Crippen molar-refractivity contribution < 1.29 is 9.57 Å². The number of aryl methyl sites for hydroxylation is 1. The zero-order valence-corrected chi connectivity index (χ0v) is 16.3. The fourth-order valence-electron chi connectivity index (χ4n) is 3.32. The molecule has 1 aliphatic rings. The third-order valence-electron chi connectivity index (χ3n) is 4.89. The van der Waals surface area contributed by atoms with Gasteiger partial charge in [-0.25, -0.2) is 4.98 Å². The van der Waals surface area contributed by atoms with Crippen LogP contribution in [0.15, 0.2) is 47.6 Å². The van der Waals surface area contributed by atoms with Crippen molar-refractivity contribution in [3.63, 3.8) is 0 Å². The van der Waals surface area contributed by atoms with Crippen molar-refractivity contribution in [2.24, 2.45) is 11.1 Å². The second-order valence-electron chi connectivity index (χ2n) is 6.93. The lowest BCUT2D eigenvalue weighted by atomic mass is 9.94. The van der Waals surface area contributed by atoms with Gasteiger partial charge in [-0.15, -0.1) is 0 Å². The number of pyridine rings is 1. The lowest BCUT2D eigenvalue weighted by Crippen LogP contribution is -2.34. The van der Waals surface area contributed by atoms with Crippen LogP contribution in [0.1, 0.15) is 37.4 Å². The maximum Gasteiger partial charge on any atom is 0.128 e. The first kappa shape index (κ1) is 19.2. The Morgan fingerprint density at radius 1 is 1.15 bits per heavy atom. The van der Waals surface area contributed by atoms with Gasteiger partial charge in [-0.3, -0.25) is 0 Å². The van der Waals surface area contributed by atoms with Gasteiger partial charge in [0, 0.05) is 18.8 Å². The lowest BCUT2D eigenvalue weighted by Gasteiger charge is -2.33. The van der Waals surface area contributed by atoms with Crippen LogP contribution in [-0.2, 0) is 4.84 Å². The molecule has 0 bridgehead atoms. The monoisotopic (exact) mass is 367 g/mol. The minimum absolute atomic E-state index is 0.581. The Balaban J connectivity index is 1.38. The van der Waals surface area contributed by atoms with Gasteiger partial charge in [0.05, 0.1) is 12.8 Å². The van der Waals surface area contributed by atoms with E-state index in [4.69, 9.17) is 9.57 Å². The molecule has 0 unspecified atom stereocenters. The van der Waals surface area contributed by atoms with Gasteiger partial charge in [-0.2, -0.15) is 0 Å². The molecule has 1 aliphatic heterocycles. The van der Waals surface area contributed by atoms with Crippen LogP contribution in [0.25, 0.3) is 0 Å². The summed E-state index contributed by atoms with van der Waals surface area (Å²) in [6, 6.07) is 14.2. The molecule has 0 aliphatic carbocycles. The number of hydrogen-bond donors (Lipinski definition) is 0. The summed E-state index contributed by atoms with van der Waals surface area (Å²) in [4.78, 5) is 12.0. The molecule has 5 heteroatoms. The zero-order valence-electron chi connectivity index (χ0n) is 16.3. The first-order valence-electron chi connectivity index (χ1n) is 9.81. The molecule has 0 amide bonds. The molecule has 0 spiro atoms. The lowest BCUT2D eigenvalue weighted by molar-refractivity contribution is 0.160. The summed E-state index contributed by atoms with van der Waals surface area (Å²) in [6.45, 7) is 7.46. The fourth-order valence-corrected chi connectivity index (χ4v) is 3.32. The molecule has 1 saturated heterocycles. The van der Waals surface area contributed by atoms with E-state index >= 15 is 0 Å². The summed E-state index contributed by atoms with van der Waals surface area (Å²) in [6.07, 6.45) is 5.21. The molecule has 0 radical (unpaired) electrons. The standard InChI is InChI=1S/C22H29N3O2/c1-3-27-23-17-20-7-9-21(10-8-20)26-16-13-19-11-14-25(15-12-19)22-6-4-5-18(2)24-22/h4-10,17,19H,3,11-16H2,1-2H3/b23-17+. The van der Waals surface area contributed by atoms with Gasteiger partial charge in [0.2, 0.25) is 0 Å². The number of hydrogen-bond acceptors (Lipinski definition) is 5. The Kier molecular flexibility index (Phi) is 7.08. The van der Waals surface area contributed by atoms with Gasteiger partial charge in [0.15, 0.2) is 0 Å². The highest BCUT2D eigenvalue weighted by Gasteiger charge is 2.20. The minimum atomic E-state index is 0.581. The van der Waals surface area contributed by atoms with Crippen LogP contribution in [-0.4, -0.2) is 37.5 Å². The van der Waals surface area contributed by atoms with Crippen molar-refractivity contribution in [2.45, 2.75) is 33.1 Å². The molecule has 0 atom stereocenters. The van der Waals surface area contributed by atoms with Crippen LogP contribution in [0.3, 0.4) is 0 Å². The molecule has 2 heterocycles. The second kappa shape index (κ2) is 9.95. The molecule has 1 aromatic carbocycles. The summed E-state index contributed by atoms with van der Waals surface area (Å²) in [5, 5.41) is 3.87. The summed E-state index contributed by atoms with van der Waals surface area (Å²) in [5.74, 6) is 2.74. The summed E-state index contributed by atoms with van der Waals surface area (Å²) in [5.41, 5.74) is 2.09. The van der Waals surface area contributed by atoms with E-state index in [2.05, 4.69) is 27.2 Å². The van der Waals surface area contributed by atoms with Gasteiger partial charge in [-0.1, -0.05) is 11.2 Å². The average Bonchev–Trinajstić information content (AvgIpc) is 2.70. The van der Waals surface area contributed by atoms with E-state index in [0.717, 1.165) is 54.9 Å². The first-order chi connectivity index (χ1) is 13.2. The predicted octanol–water partition coefficient (Wildman–Crippen LogP) is 4.45. The van der Waals surface area contributed by atoms with Crippen molar-refractivity contribution in [1.29, 1.82) is 0 Å². The molecule has 0 saturated carbocycles. The van der Waals surface area contributed by atoms with Crippen LogP contribution in [0.2, 0.25) is 0 Å². The van der Waals surface area contributed by atoms with E-state index in [-0.39, 0.29) is 0 Å². The van der Waals surface area contributed by atoms with Gasteiger partial charge >= 0.3 is 0 Å². The highest BCUT2D eigenvalue weighted by molar-refractivity contribution is 5.79. The van der Waals surface area contributed by atoms with E-state index in [0.29, 0.717) is 6.61 Å². The normalized spacial score (nSPS) is 15.3. The highest BCUT2D eigenvalue weighted by Crippen LogP contribution is 2.24. The van der Waals surface area contributed by atoms with Crippen molar-refractivity contribution in [3.8, 4) is 5.75 Å². The van der Waals surface area contributed by atoms with E-state index in [1.54, 1.807) is 6.21 Å². The third-order valence-corrected chi connectivity index (χ3v) is 4.89. The van der Waals surface area contributed by atoms with Crippen molar-refractivity contribution in [2.75, 3.05) is 31.2 Å². The Morgan fingerprint density at radius 3 is 2.63 bits per heavy atom. The molecular weight excluding hydrogens is 338 g/mol. The molecule has 5 nitrogen and oxygen atoms in total. The number of benzene rings is 1. The predicted molar refractivity (Wildman–Crippen MR) is 110 cm³/mol. The van der Waals surface area contributed by atoms with E-state index in [1.165, 1.54) is 12.8 Å². The van der Waals surface area contributed by atoms with Crippen LogP contribution in [0.4, 0.5) is 5.82 Å². The van der Waals surface area contributed by atoms with Crippen molar-refractivity contribution in [1.82, 2.24) is 4.98 Å². The molecule has 2 aromatic rings.